The van der Waals surface area contributed by atoms with Gasteiger partial charge in [0.25, 0.3) is 5.91 Å². The summed E-state index contributed by atoms with van der Waals surface area (Å²) in [7, 11) is 1.61. The predicted octanol–water partition coefficient (Wildman–Crippen LogP) is 0.480. The molecule has 0 saturated carbocycles. The third-order valence-corrected chi connectivity index (χ3v) is 3.40. The molecule has 1 aromatic rings. The number of nitrogens with one attached hydrogen (secondary N) is 1. The van der Waals surface area contributed by atoms with Crippen molar-refractivity contribution in [3.63, 3.8) is 0 Å². The molecule has 0 spiro atoms. The van der Waals surface area contributed by atoms with Crippen molar-refractivity contribution in [1.82, 2.24) is 10.2 Å². The fourth-order valence-electron chi connectivity index (χ4n) is 2.32. The Bertz CT molecular complexity index is 474. The molecule has 2 rings (SSSR count). The highest BCUT2D eigenvalue weighted by molar-refractivity contribution is 5.93. The van der Waals surface area contributed by atoms with E-state index in [4.69, 9.17) is 9.15 Å². The number of ether oxygens (including phenoxy) is 1. The van der Waals surface area contributed by atoms with Gasteiger partial charge in [-0.1, -0.05) is 0 Å². The molecule has 0 aromatic carbocycles. The van der Waals surface area contributed by atoms with Crippen LogP contribution in [-0.2, 0) is 4.74 Å². The molecule has 1 N–H and O–H groups in total. The average molecular weight is 280 g/mol. The van der Waals surface area contributed by atoms with E-state index < -0.39 is 5.63 Å². The first-order chi connectivity index (χ1) is 9.70. The monoisotopic (exact) mass is 280 g/mol. The summed E-state index contributed by atoms with van der Waals surface area (Å²) in [6.45, 7) is 2.64. The highest BCUT2D eigenvalue weighted by Crippen LogP contribution is 2.10. The minimum atomic E-state index is -0.456. The summed E-state index contributed by atoms with van der Waals surface area (Å²) >= 11 is 0. The van der Waals surface area contributed by atoms with Gasteiger partial charge in [-0.3, -0.25) is 4.79 Å². The maximum absolute atomic E-state index is 12.4. The molecule has 2 heterocycles. The molecule has 1 fully saturated rings. The van der Waals surface area contributed by atoms with Gasteiger partial charge in [-0.05, 0) is 25.5 Å². The number of hydrogen-bond acceptors (Lipinski definition) is 5. The van der Waals surface area contributed by atoms with E-state index in [-0.39, 0.29) is 5.91 Å². The quantitative estimate of drug-likeness (QED) is 0.820. The Labute approximate surface area is 117 Å². The molecule has 1 unspecified atom stereocenters. The summed E-state index contributed by atoms with van der Waals surface area (Å²) in [6.07, 6.45) is 3.42. The molecule has 1 aliphatic rings. The van der Waals surface area contributed by atoms with Gasteiger partial charge in [0, 0.05) is 32.3 Å². The molecule has 0 radical (unpaired) electrons. The van der Waals surface area contributed by atoms with Crippen molar-refractivity contribution in [3.05, 3.63) is 34.4 Å². The lowest BCUT2D eigenvalue weighted by atomic mass is 10.2. The Morgan fingerprint density at radius 1 is 1.55 bits per heavy atom. The van der Waals surface area contributed by atoms with E-state index >= 15 is 0 Å². The van der Waals surface area contributed by atoms with Gasteiger partial charge in [-0.25, -0.2) is 4.79 Å². The van der Waals surface area contributed by atoms with Crippen LogP contribution in [0.2, 0.25) is 0 Å². The van der Waals surface area contributed by atoms with Crippen molar-refractivity contribution in [2.45, 2.75) is 18.9 Å². The van der Waals surface area contributed by atoms with Crippen LogP contribution in [0, 0.1) is 0 Å². The molecule has 1 atom stereocenters. The number of hydrogen-bond donors (Lipinski definition) is 1. The molecule has 1 aliphatic heterocycles. The largest absolute Gasteiger partial charge is 0.430 e. The van der Waals surface area contributed by atoms with Gasteiger partial charge in [-0.15, -0.1) is 0 Å². The first-order valence-electron chi connectivity index (χ1n) is 6.81. The Kier molecular flexibility index (Phi) is 5.31. The summed E-state index contributed by atoms with van der Waals surface area (Å²) in [4.78, 5) is 25.1. The lowest BCUT2D eigenvalue weighted by Crippen LogP contribution is -2.42. The van der Waals surface area contributed by atoms with Crippen LogP contribution in [0.5, 0.6) is 0 Å². The molecule has 0 bridgehead atoms. The molecule has 110 valence electrons. The van der Waals surface area contributed by atoms with Crippen molar-refractivity contribution < 1.29 is 13.9 Å². The number of methoxy groups -OCH3 is 1. The average Bonchev–Trinajstić information content (AvgIpc) is 2.96. The number of nitrogens with zero attached hydrogens (tertiary/aromatic N) is 1. The van der Waals surface area contributed by atoms with Gasteiger partial charge < -0.3 is 19.4 Å². The van der Waals surface area contributed by atoms with Gasteiger partial charge in [0.2, 0.25) is 0 Å². The number of amides is 1. The Morgan fingerprint density at radius 2 is 2.40 bits per heavy atom. The van der Waals surface area contributed by atoms with Gasteiger partial charge in [0.15, 0.2) is 0 Å². The summed E-state index contributed by atoms with van der Waals surface area (Å²) in [5.41, 5.74) is -0.0684. The molecule has 20 heavy (non-hydrogen) atoms. The molecule has 1 saturated heterocycles. The van der Waals surface area contributed by atoms with Gasteiger partial charge in [-0.2, -0.15) is 0 Å². The second-order valence-corrected chi connectivity index (χ2v) is 4.88. The smallest absolute Gasteiger partial charge is 0.335 e. The minimum absolute atomic E-state index is 0.139. The van der Waals surface area contributed by atoms with Crippen molar-refractivity contribution in [2.24, 2.45) is 0 Å². The predicted molar refractivity (Wildman–Crippen MR) is 73.8 cm³/mol. The van der Waals surface area contributed by atoms with Crippen LogP contribution in [0.4, 0.5) is 0 Å². The third-order valence-electron chi connectivity index (χ3n) is 3.40. The lowest BCUT2D eigenvalue weighted by molar-refractivity contribution is 0.0676. The maximum atomic E-state index is 12.4. The second-order valence-electron chi connectivity index (χ2n) is 4.88. The first kappa shape index (κ1) is 14.7. The Morgan fingerprint density at radius 3 is 3.00 bits per heavy atom. The van der Waals surface area contributed by atoms with Crippen LogP contribution in [0.15, 0.2) is 27.6 Å². The van der Waals surface area contributed by atoms with E-state index in [1.807, 2.05) is 0 Å². The molecule has 0 aliphatic carbocycles. The molecular weight excluding hydrogens is 260 g/mol. The normalized spacial score (nSPS) is 18.1. The third kappa shape index (κ3) is 3.91. The second kappa shape index (κ2) is 7.21. The zero-order valence-electron chi connectivity index (χ0n) is 11.6. The van der Waals surface area contributed by atoms with Gasteiger partial charge >= 0.3 is 5.63 Å². The zero-order valence-corrected chi connectivity index (χ0v) is 11.6. The number of carbonyl (C=O) groups is 1. The highest BCUT2D eigenvalue weighted by atomic mass is 16.5. The highest BCUT2D eigenvalue weighted by Gasteiger charge is 2.22. The SMILES string of the molecule is COCCN(CC1CCCN1)C(=O)c1ccc(=O)oc1. The van der Waals surface area contributed by atoms with Crippen LogP contribution in [0.3, 0.4) is 0 Å². The van der Waals surface area contributed by atoms with Crippen LogP contribution >= 0.6 is 0 Å². The molecule has 6 heteroatoms. The summed E-state index contributed by atoms with van der Waals surface area (Å²) < 4.78 is 9.81. The van der Waals surface area contributed by atoms with Crippen LogP contribution in [0.25, 0.3) is 0 Å². The summed E-state index contributed by atoms with van der Waals surface area (Å²) in [6, 6.07) is 3.08. The van der Waals surface area contributed by atoms with E-state index in [1.54, 1.807) is 12.0 Å². The lowest BCUT2D eigenvalue weighted by Gasteiger charge is -2.25. The van der Waals surface area contributed by atoms with E-state index in [1.165, 1.54) is 18.4 Å². The zero-order chi connectivity index (χ0) is 14.4. The van der Waals surface area contributed by atoms with Crippen LogP contribution in [0.1, 0.15) is 23.2 Å². The van der Waals surface area contributed by atoms with Crippen molar-refractivity contribution in [1.29, 1.82) is 0 Å². The number of rotatable bonds is 6. The molecule has 6 nitrogen and oxygen atoms in total. The van der Waals surface area contributed by atoms with Crippen LogP contribution < -0.4 is 10.9 Å². The van der Waals surface area contributed by atoms with Crippen molar-refractivity contribution in [3.8, 4) is 0 Å². The topological polar surface area (TPSA) is 71.8 Å². The van der Waals surface area contributed by atoms with E-state index in [2.05, 4.69) is 5.32 Å². The standard InChI is InChI=1S/C14H20N2O4/c1-19-8-7-16(9-12-3-2-6-15-12)14(18)11-4-5-13(17)20-10-11/h4-5,10,12,15H,2-3,6-9H2,1H3. The van der Waals surface area contributed by atoms with E-state index in [0.717, 1.165) is 19.4 Å². The Hall–Kier alpha value is -1.66. The fraction of sp³-hybridized carbons (Fsp3) is 0.571. The van der Waals surface area contributed by atoms with Gasteiger partial charge in [0.1, 0.15) is 6.26 Å². The fourth-order valence-corrected chi connectivity index (χ4v) is 2.32. The van der Waals surface area contributed by atoms with E-state index in [9.17, 15) is 9.59 Å². The van der Waals surface area contributed by atoms with Crippen LogP contribution in [-0.4, -0.2) is 50.2 Å². The van der Waals surface area contributed by atoms with Crippen molar-refractivity contribution in [2.75, 3.05) is 33.4 Å². The summed E-state index contributed by atoms with van der Waals surface area (Å²) in [5.74, 6) is -0.139. The van der Waals surface area contributed by atoms with E-state index in [0.29, 0.717) is 31.3 Å². The molecule has 1 aromatic heterocycles. The first-order valence-corrected chi connectivity index (χ1v) is 6.81. The maximum Gasteiger partial charge on any atom is 0.335 e. The molecular formula is C14H20N2O4. The minimum Gasteiger partial charge on any atom is -0.430 e. The summed E-state index contributed by atoms with van der Waals surface area (Å²) in [5, 5.41) is 3.37. The Balaban J connectivity index is 2.05. The number of carbonyl (C=O) groups excluding carboxylic acids is 1. The van der Waals surface area contributed by atoms with Crippen molar-refractivity contribution >= 4 is 5.91 Å². The van der Waals surface area contributed by atoms with Gasteiger partial charge in [0.05, 0.1) is 12.2 Å². The molecule has 1 amide bonds.